The Bertz CT molecular complexity index is 358. The molecule has 4 heteroatoms. The van der Waals surface area contributed by atoms with Crippen LogP contribution in [0.2, 0.25) is 0 Å². The largest absolute Gasteiger partial charge is 0.477 e. The molecule has 1 saturated carbocycles. The Balaban J connectivity index is 2.28. The second-order valence-electron chi connectivity index (χ2n) is 3.88. The molecule has 1 aromatic heterocycles. The normalized spacial score (nSPS) is 25.7. The number of hydrogen-bond donors (Lipinski definition) is 1. The van der Waals surface area contributed by atoms with E-state index in [1.165, 1.54) is 0 Å². The summed E-state index contributed by atoms with van der Waals surface area (Å²) >= 11 is 0. The van der Waals surface area contributed by atoms with Crippen LogP contribution in [0.3, 0.4) is 0 Å². The van der Waals surface area contributed by atoms with Gasteiger partial charge in [-0.25, -0.2) is 4.79 Å². The summed E-state index contributed by atoms with van der Waals surface area (Å²) in [5, 5.41) is 9.01. The molecule has 2 unspecified atom stereocenters. The van der Waals surface area contributed by atoms with Gasteiger partial charge >= 0.3 is 5.97 Å². The molecule has 0 amide bonds. The summed E-state index contributed by atoms with van der Waals surface area (Å²) in [5.41, 5.74) is 0.351. The molecule has 82 valence electrons. The molecule has 1 aliphatic rings. The lowest BCUT2D eigenvalue weighted by atomic mass is 10.2. The molecule has 2 atom stereocenters. The van der Waals surface area contributed by atoms with Crippen LogP contribution in [0.15, 0.2) is 18.3 Å². The quantitative estimate of drug-likeness (QED) is 0.827. The van der Waals surface area contributed by atoms with Gasteiger partial charge in [-0.15, -0.1) is 0 Å². The molecule has 1 aliphatic carbocycles. The molecule has 1 N–H and O–H groups in total. The summed E-state index contributed by atoms with van der Waals surface area (Å²) in [4.78, 5) is 11.0. The maximum absolute atomic E-state index is 11.0. The molecule has 0 radical (unpaired) electrons. The van der Waals surface area contributed by atoms with E-state index in [9.17, 15) is 4.79 Å². The van der Waals surface area contributed by atoms with Crippen molar-refractivity contribution in [2.24, 2.45) is 0 Å². The minimum Gasteiger partial charge on any atom is -0.477 e. The van der Waals surface area contributed by atoms with E-state index in [0.717, 1.165) is 19.3 Å². The van der Waals surface area contributed by atoms with Crippen molar-refractivity contribution >= 4 is 5.97 Å². The van der Waals surface area contributed by atoms with E-state index < -0.39 is 5.97 Å². The summed E-state index contributed by atoms with van der Waals surface area (Å²) in [6.45, 7) is 0. The number of ether oxygens (including phenoxy) is 1. The highest BCUT2D eigenvalue weighted by Gasteiger charge is 2.30. The van der Waals surface area contributed by atoms with Gasteiger partial charge in [0.2, 0.25) is 0 Å². The molecule has 4 nitrogen and oxygen atoms in total. The monoisotopic (exact) mass is 209 g/mol. The first-order chi connectivity index (χ1) is 7.24. The summed E-state index contributed by atoms with van der Waals surface area (Å²) in [6.07, 6.45) is 5.08. The van der Waals surface area contributed by atoms with Crippen molar-refractivity contribution in [2.45, 2.75) is 31.4 Å². The standard InChI is InChI=1S/C11H15NO3/c1-15-10-6-2-4-8(10)12-7-3-5-9(12)11(13)14/h3,5,7-8,10H,2,4,6H2,1H3,(H,13,14). The fourth-order valence-electron chi connectivity index (χ4n) is 2.36. The van der Waals surface area contributed by atoms with E-state index in [2.05, 4.69) is 0 Å². The molecule has 0 saturated heterocycles. The van der Waals surface area contributed by atoms with Crippen LogP contribution in [-0.2, 0) is 4.74 Å². The summed E-state index contributed by atoms with van der Waals surface area (Å²) in [6, 6.07) is 3.58. The molecule has 1 heterocycles. The van der Waals surface area contributed by atoms with Crippen molar-refractivity contribution in [3.05, 3.63) is 24.0 Å². The lowest BCUT2D eigenvalue weighted by Gasteiger charge is -2.21. The summed E-state index contributed by atoms with van der Waals surface area (Å²) in [5.74, 6) is -0.873. The van der Waals surface area contributed by atoms with Gasteiger partial charge in [-0.3, -0.25) is 0 Å². The van der Waals surface area contributed by atoms with Crippen LogP contribution in [0, 0.1) is 0 Å². The van der Waals surface area contributed by atoms with Gasteiger partial charge in [0, 0.05) is 13.3 Å². The molecular formula is C11H15NO3. The maximum atomic E-state index is 11.0. The Kier molecular flexibility index (Phi) is 2.77. The molecule has 0 bridgehead atoms. The van der Waals surface area contributed by atoms with Gasteiger partial charge in [-0.2, -0.15) is 0 Å². The fraction of sp³-hybridized carbons (Fsp3) is 0.545. The van der Waals surface area contributed by atoms with E-state index in [-0.39, 0.29) is 12.1 Å². The van der Waals surface area contributed by atoms with E-state index in [0.29, 0.717) is 5.69 Å². The van der Waals surface area contributed by atoms with E-state index in [4.69, 9.17) is 9.84 Å². The Labute approximate surface area is 88.5 Å². The minimum absolute atomic E-state index is 0.149. The average Bonchev–Trinajstić information content (AvgIpc) is 2.85. The predicted molar refractivity (Wildman–Crippen MR) is 55.1 cm³/mol. The number of methoxy groups -OCH3 is 1. The van der Waals surface area contributed by atoms with Crippen LogP contribution in [0.5, 0.6) is 0 Å². The molecule has 0 spiro atoms. The number of aromatic nitrogens is 1. The minimum atomic E-state index is -0.873. The Morgan fingerprint density at radius 1 is 1.60 bits per heavy atom. The highest BCUT2D eigenvalue weighted by atomic mass is 16.5. The first kappa shape index (κ1) is 10.2. The second-order valence-corrected chi connectivity index (χ2v) is 3.88. The number of carboxylic acids is 1. The summed E-state index contributed by atoms with van der Waals surface area (Å²) in [7, 11) is 1.69. The van der Waals surface area contributed by atoms with Crippen LogP contribution >= 0.6 is 0 Å². The van der Waals surface area contributed by atoms with Crippen molar-refractivity contribution in [3.8, 4) is 0 Å². The van der Waals surface area contributed by atoms with Gasteiger partial charge in [0.05, 0.1) is 12.1 Å². The topological polar surface area (TPSA) is 51.5 Å². The third kappa shape index (κ3) is 1.77. The number of hydrogen-bond acceptors (Lipinski definition) is 2. The third-order valence-electron chi connectivity index (χ3n) is 3.08. The van der Waals surface area contributed by atoms with Crippen LogP contribution in [-0.4, -0.2) is 28.9 Å². The van der Waals surface area contributed by atoms with Crippen molar-refractivity contribution in [2.75, 3.05) is 7.11 Å². The van der Waals surface area contributed by atoms with Gasteiger partial charge < -0.3 is 14.4 Å². The van der Waals surface area contributed by atoms with E-state index >= 15 is 0 Å². The predicted octanol–water partition coefficient (Wildman–Crippen LogP) is 1.93. The highest BCUT2D eigenvalue weighted by Crippen LogP contribution is 2.33. The summed E-state index contributed by atoms with van der Waals surface area (Å²) < 4.78 is 7.19. The lowest BCUT2D eigenvalue weighted by Crippen LogP contribution is -2.22. The van der Waals surface area contributed by atoms with Crippen molar-refractivity contribution < 1.29 is 14.6 Å². The second kappa shape index (κ2) is 4.06. The zero-order valence-electron chi connectivity index (χ0n) is 8.72. The molecular weight excluding hydrogens is 194 g/mol. The van der Waals surface area contributed by atoms with E-state index in [1.807, 2.05) is 10.8 Å². The lowest BCUT2D eigenvalue weighted by molar-refractivity contribution is 0.0628. The molecule has 2 rings (SSSR count). The maximum Gasteiger partial charge on any atom is 0.352 e. The number of carbonyl (C=O) groups is 1. The van der Waals surface area contributed by atoms with Crippen LogP contribution in [0.4, 0.5) is 0 Å². The van der Waals surface area contributed by atoms with Gasteiger partial charge in [0.1, 0.15) is 5.69 Å². The van der Waals surface area contributed by atoms with Crippen LogP contribution < -0.4 is 0 Å². The zero-order valence-corrected chi connectivity index (χ0v) is 8.72. The average molecular weight is 209 g/mol. The number of nitrogens with zero attached hydrogens (tertiary/aromatic N) is 1. The van der Waals surface area contributed by atoms with Gasteiger partial charge in [0.25, 0.3) is 0 Å². The molecule has 0 aromatic carbocycles. The number of aromatic carboxylic acids is 1. The van der Waals surface area contributed by atoms with Gasteiger partial charge in [-0.05, 0) is 31.4 Å². The first-order valence-electron chi connectivity index (χ1n) is 5.17. The SMILES string of the molecule is COC1CCCC1n1cccc1C(=O)O. The number of carboxylic acid groups (broad SMARTS) is 1. The molecule has 0 aliphatic heterocycles. The van der Waals surface area contributed by atoms with Gasteiger partial charge in [0.15, 0.2) is 0 Å². The van der Waals surface area contributed by atoms with Gasteiger partial charge in [-0.1, -0.05) is 0 Å². The molecule has 15 heavy (non-hydrogen) atoms. The Morgan fingerprint density at radius 3 is 3.07 bits per heavy atom. The Morgan fingerprint density at radius 2 is 2.40 bits per heavy atom. The van der Waals surface area contributed by atoms with Crippen molar-refractivity contribution in [1.29, 1.82) is 0 Å². The molecule has 1 aromatic rings. The third-order valence-corrected chi connectivity index (χ3v) is 3.08. The highest BCUT2D eigenvalue weighted by molar-refractivity contribution is 5.85. The molecule has 1 fully saturated rings. The Hall–Kier alpha value is -1.29. The number of rotatable bonds is 3. The fourth-order valence-corrected chi connectivity index (χ4v) is 2.36. The van der Waals surface area contributed by atoms with Crippen molar-refractivity contribution in [1.82, 2.24) is 4.57 Å². The zero-order chi connectivity index (χ0) is 10.8. The van der Waals surface area contributed by atoms with E-state index in [1.54, 1.807) is 19.2 Å². The van der Waals surface area contributed by atoms with Crippen LogP contribution in [0.25, 0.3) is 0 Å². The smallest absolute Gasteiger partial charge is 0.352 e. The first-order valence-corrected chi connectivity index (χ1v) is 5.17. The van der Waals surface area contributed by atoms with Crippen LogP contribution in [0.1, 0.15) is 35.8 Å². The van der Waals surface area contributed by atoms with Crippen molar-refractivity contribution in [3.63, 3.8) is 0 Å².